The number of fused-ring (bicyclic) bond motifs is 1. The Labute approximate surface area is 130 Å². The number of hydrogen-bond acceptors (Lipinski definition) is 5. The lowest BCUT2D eigenvalue weighted by molar-refractivity contribution is 0.0531. The SMILES string of the molecule is CCOC(=O)c1sc2ncn(-c3ccccc3)c(=O)c2c1C. The van der Waals surface area contributed by atoms with Crippen molar-refractivity contribution in [2.45, 2.75) is 13.8 Å². The van der Waals surface area contributed by atoms with Gasteiger partial charge in [-0.15, -0.1) is 11.3 Å². The van der Waals surface area contributed by atoms with Gasteiger partial charge in [-0.2, -0.15) is 0 Å². The van der Waals surface area contributed by atoms with Gasteiger partial charge in [0.2, 0.25) is 0 Å². The van der Waals surface area contributed by atoms with Gasteiger partial charge in [0.1, 0.15) is 16.0 Å². The van der Waals surface area contributed by atoms with E-state index in [1.165, 1.54) is 22.2 Å². The Morgan fingerprint density at radius 3 is 2.73 bits per heavy atom. The molecule has 1 aromatic carbocycles. The van der Waals surface area contributed by atoms with Crippen molar-refractivity contribution < 1.29 is 9.53 Å². The third-order valence-electron chi connectivity index (χ3n) is 3.35. The summed E-state index contributed by atoms with van der Waals surface area (Å²) < 4.78 is 6.51. The maximum Gasteiger partial charge on any atom is 0.348 e. The average molecular weight is 314 g/mol. The molecule has 112 valence electrons. The van der Waals surface area contributed by atoms with Gasteiger partial charge in [-0.25, -0.2) is 9.78 Å². The summed E-state index contributed by atoms with van der Waals surface area (Å²) in [5, 5.41) is 0.472. The largest absolute Gasteiger partial charge is 0.462 e. The topological polar surface area (TPSA) is 61.2 Å². The quantitative estimate of drug-likeness (QED) is 0.697. The lowest BCUT2D eigenvalue weighted by atomic mass is 10.2. The number of nitrogens with zero attached hydrogens (tertiary/aromatic N) is 2. The number of benzene rings is 1. The number of ether oxygens (including phenoxy) is 1. The van der Waals surface area contributed by atoms with Crippen molar-refractivity contribution in [3.05, 3.63) is 57.5 Å². The standard InChI is InChI=1S/C16H14N2O3S/c1-3-21-16(20)13-10(2)12-14(22-13)17-9-18(15(12)19)11-7-5-4-6-8-11/h4-9H,3H2,1-2H3. The number of rotatable bonds is 3. The van der Waals surface area contributed by atoms with Crippen LogP contribution in [0.15, 0.2) is 41.5 Å². The molecular formula is C16H14N2O3S. The fraction of sp³-hybridized carbons (Fsp3) is 0.188. The highest BCUT2D eigenvalue weighted by atomic mass is 32.1. The number of para-hydroxylation sites is 1. The zero-order chi connectivity index (χ0) is 15.7. The molecule has 0 saturated heterocycles. The molecule has 0 unspecified atom stereocenters. The van der Waals surface area contributed by atoms with Gasteiger partial charge in [-0.1, -0.05) is 18.2 Å². The van der Waals surface area contributed by atoms with Crippen LogP contribution in [0.5, 0.6) is 0 Å². The Hall–Kier alpha value is -2.47. The minimum atomic E-state index is -0.409. The summed E-state index contributed by atoms with van der Waals surface area (Å²) in [6.07, 6.45) is 1.49. The summed E-state index contributed by atoms with van der Waals surface area (Å²) in [5.74, 6) is -0.409. The number of aryl methyl sites for hydroxylation is 1. The molecule has 3 aromatic rings. The van der Waals surface area contributed by atoms with Crippen LogP contribution in [0, 0.1) is 6.92 Å². The maximum absolute atomic E-state index is 12.7. The monoisotopic (exact) mass is 314 g/mol. The van der Waals surface area contributed by atoms with Crippen LogP contribution in [0.25, 0.3) is 15.9 Å². The van der Waals surface area contributed by atoms with Gasteiger partial charge in [0.25, 0.3) is 5.56 Å². The van der Waals surface area contributed by atoms with Crippen LogP contribution in [0.2, 0.25) is 0 Å². The third kappa shape index (κ3) is 2.31. The molecule has 2 heterocycles. The Bertz CT molecular complexity index is 897. The number of carbonyl (C=O) groups is 1. The summed E-state index contributed by atoms with van der Waals surface area (Å²) in [6, 6.07) is 9.27. The van der Waals surface area contributed by atoms with E-state index in [-0.39, 0.29) is 5.56 Å². The van der Waals surface area contributed by atoms with Crippen LogP contribution < -0.4 is 5.56 Å². The highest BCUT2D eigenvalue weighted by Crippen LogP contribution is 2.27. The van der Waals surface area contributed by atoms with E-state index in [1.807, 2.05) is 30.3 Å². The highest BCUT2D eigenvalue weighted by Gasteiger charge is 2.20. The fourth-order valence-corrected chi connectivity index (χ4v) is 3.32. The molecule has 0 aliphatic heterocycles. The van der Waals surface area contributed by atoms with E-state index in [9.17, 15) is 9.59 Å². The van der Waals surface area contributed by atoms with E-state index in [0.29, 0.717) is 27.3 Å². The van der Waals surface area contributed by atoms with Gasteiger partial charge in [0, 0.05) is 0 Å². The van der Waals surface area contributed by atoms with Crippen molar-refractivity contribution in [2.24, 2.45) is 0 Å². The fourth-order valence-electron chi connectivity index (χ4n) is 2.29. The Morgan fingerprint density at radius 1 is 1.32 bits per heavy atom. The average Bonchev–Trinajstić information content (AvgIpc) is 2.87. The second kappa shape index (κ2) is 5.73. The minimum Gasteiger partial charge on any atom is -0.462 e. The van der Waals surface area contributed by atoms with Crippen molar-refractivity contribution in [1.29, 1.82) is 0 Å². The molecule has 0 saturated carbocycles. The normalized spacial score (nSPS) is 10.8. The van der Waals surface area contributed by atoms with Gasteiger partial charge in [0.05, 0.1) is 17.7 Å². The van der Waals surface area contributed by atoms with E-state index in [1.54, 1.807) is 13.8 Å². The maximum atomic E-state index is 12.7. The van der Waals surface area contributed by atoms with Crippen molar-refractivity contribution >= 4 is 27.5 Å². The van der Waals surface area contributed by atoms with Crippen molar-refractivity contribution in [3.8, 4) is 5.69 Å². The van der Waals surface area contributed by atoms with Gasteiger partial charge < -0.3 is 4.74 Å². The Balaban J connectivity index is 2.22. The Morgan fingerprint density at radius 2 is 2.05 bits per heavy atom. The van der Waals surface area contributed by atoms with Crippen LogP contribution in [-0.4, -0.2) is 22.1 Å². The second-order valence-electron chi connectivity index (χ2n) is 4.71. The summed E-state index contributed by atoms with van der Waals surface area (Å²) in [5.41, 5.74) is 1.19. The molecule has 0 spiro atoms. The minimum absolute atomic E-state index is 0.180. The van der Waals surface area contributed by atoms with Crippen LogP contribution >= 0.6 is 11.3 Å². The first-order chi connectivity index (χ1) is 10.6. The second-order valence-corrected chi connectivity index (χ2v) is 5.71. The van der Waals surface area contributed by atoms with E-state index in [2.05, 4.69) is 4.98 Å². The molecule has 6 heteroatoms. The number of esters is 1. The predicted octanol–water partition coefficient (Wildman–Crippen LogP) is 2.93. The number of carbonyl (C=O) groups excluding carboxylic acids is 1. The molecule has 0 aliphatic carbocycles. The molecule has 0 aliphatic rings. The smallest absolute Gasteiger partial charge is 0.348 e. The van der Waals surface area contributed by atoms with Gasteiger partial charge in [0.15, 0.2) is 0 Å². The number of aromatic nitrogens is 2. The molecule has 5 nitrogen and oxygen atoms in total. The molecule has 0 bridgehead atoms. The van der Waals surface area contributed by atoms with E-state index in [0.717, 1.165) is 5.69 Å². The third-order valence-corrected chi connectivity index (χ3v) is 4.53. The van der Waals surface area contributed by atoms with E-state index in [4.69, 9.17) is 4.74 Å². The Kier molecular flexibility index (Phi) is 3.77. The van der Waals surface area contributed by atoms with Gasteiger partial charge >= 0.3 is 5.97 Å². The molecule has 3 rings (SSSR count). The summed E-state index contributed by atoms with van der Waals surface area (Å²) in [6.45, 7) is 3.80. The summed E-state index contributed by atoms with van der Waals surface area (Å²) >= 11 is 1.19. The van der Waals surface area contributed by atoms with Crippen LogP contribution in [-0.2, 0) is 4.74 Å². The predicted molar refractivity (Wildman–Crippen MR) is 85.9 cm³/mol. The van der Waals surface area contributed by atoms with Gasteiger partial charge in [-0.3, -0.25) is 9.36 Å². The zero-order valence-electron chi connectivity index (χ0n) is 12.2. The molecule has 0 N–H and O–H groups in total. The van der Waals surface area contributed by atoms with Crippen molar-refractivity contribution in [1.82, 2.24) is 9.55 Å². The van der Waals surface area contributed by atoms with Crippen LogP contribution in [0.3, 0.4) is 0 Å². The molecule has 0 radical (unpaired) electrons. The number of hydrogen-bond donors (Lipinski definition) is 0. The molecule has 0 fully saturated rings. The highest BCUT2D eigenvalue weighted by molar-refractivity contribution is 7.20. The van der Waals surface area contributed by atoms with Gasteiger partial charge in [-0.05, 0) is 31.5 Å². The molecular weight excluding hydrogens is 300 g/mol. The van der Waals surface area contributed by atoms with E-state index < -0.39 is 5.97 Å². The molecule has 0 atom stereocenters. The van der Waals surface area contributed by atoms with Crippen molar-refractivity contribution in [3.63, 3.8) is 0 Å². The van der Waals surface area contributed by atoms with Crippen molar-refractivity contribution in [2.75, 3.05) is 6.61 Å². The van der Waals surface area contributed by atoms with Crippen LogP contribution in [0.1, 0.15) is 22.2 Å². The lowest BCUT2D eigenvalue weighted by Gasteiger charge is -2.04. The molecule has 22 heavy (non-hydrogen) atoms. The molecule has 0 amide bonds. The number of thiophene rings is 1. The van der Waals surface area contributed by atoms with E-state index >= 15 is 0 Å². The summed E-state index contributed by atoms with van der Waals surface area (Å²) in [7, 11) is 0. The first-order valence-electron chi connectivity index (χ1n) is 6.86. The first kappa shape index (κ1) is 14.5. The lowest BCUT2D eigenvalue weighted by Crippen LogP contribution is -2.18. The summed E-state index contributed by atoms with van der Waals surface area (Å²) in [4.78, 5) is 30.0. The molecule has 2 aromatic heterocycles. The zero-order valence-corrected chi connectivity index (χ0v) is 13.0. The first-order valence-corrected chi connectivity index (χ1v) is 7.68. The van der Waals surface area contributed by atoms with Crippen LogP contribution in [0.4, 0.5) is 0 Å².